The highest BCUT2D eigenvalue weighted by atomic mass is 19.1. The first-order valence-corrected chi connectivity index (χ1v) is 12.6. The minimum absolute atomic E-state index is 0.0143. The molecule has 5 aromatic rings. The molecule has 2 N–H and O–H groups in total. The molecule has 0 radical (unpaired) electrons. The predicted octanol–water partition coefficient (Wildman–Crippen LogP) is 5.77. The van der Waals surface area contributed by atoms with Crippen LogP contribution in [-0.4, -0.2) is 37.6 Å². The maximum atomic E-state index is 15.5. The van der Waals surface area contributed by atoms with Gasteiger partial charge in [0.1, 0.15) is 23.6 Å². The lowest BCUT2D eigenvalue weighted by molar-refractivity contribution is -0.385. The summed E-state index contributed by atoms with van der Waals surface area (Å²) in [4.78, 5) is 26.2. The molecular weight excluding hydrogens is 517 g/mol. The van der Waals surface area contributed by atoms with Crippen molar-refractivity contribution in [1.82, 2.24) is 19.5 Å². The Balaban J connectivity index is 1.53. The third-order valence-corrected chi connectivity index (χ3v) is 6.69. The van der Waals surface area contributed by atoms with Gasteiger partial charge in [0, 0.05) is 36.5 Å². The van der Waals surface area contributed by atoms with Crippen LogP contribution in [0.25, 0.3) is 22.2 Å². The number of para-hydroxylation sites is 1. The number of halogens is 1. The molecule has 11 nitrogen and oxygen atoms in total. The van der Waals surface area contributed by atoms with Crippen LogP contribution in [0.3, 0.4) is 0 Å². The third kappa shape index (κ3) is 4.10. The molecule has 4 heterocycles. The largest absolute Gasteiger partial charge is 0.486 e. The second-order valence-electron chi connectivity index (χ2n) is 9.14. The average Bonchev–Trinajstić information content (AvgIpc) is 3.49. The standard InChI is InChI=1S/C28H24FN7O4/c1-3-39-25-19(7-5-8-20(25)36(37)38)34-12-13-35-27-24(26(30)31-15-32-27)23(28(34)35)17-10-11-21(18(29)14-17)40-22-9-4-6-16(2)33-22/h4-11,14-15H,3,12-13H2,1-2H3,(H2,30,31,32). The molecule has 0 bridgehead atoms. The molecule has 0 atom stereocenters. The van der Waals surface area contributed by atoms with Gasteiger partial charge in [0.25, 0.3) is 0 Å². The molecule has 0 spiro atoms. The van der Waals surface area contributed by atoms with Crippen LogP contribution < -0.4 is 20.1 Å². The van der Waals surface area contributed by atoms with Crippen LogP contribution in [0.1, 0.15) is 12.6 Å². The van der Waals surface area contributed by atoms with Gasteiger partial charge in [-0.15, -0.1) is 0 Å². The van der Waals surface area contributed by atoms with E-state index in [0.717, 1.165) is 5.69 Å². The van der Waals surface area contributed by atoms with Crippen molar-refractivity contribution in [2.75, 3.05) is 23.8 Å². The van der Waals surface area contributed by atoms with Crippen LogP contribution in [0.4, 0.5) is 27.4 Å². The fourth-order valence-corrected chi connectivity index (χ4v) is 5.08. The summed E-state index contributed by atoms with van der Waals surface area (Å²) >= 11 is 0. The van der Waals surface area contributed by atoms with Crippen molar-refractivity contribution in [3.05, 3.63) is 82.6 Å². The highest BCUT2D eigenvalue weighted by Gasteiger charge is 2.34. The van der Waals surface area contributed by atoms with Crippen molar-refractivity contribution >= 4 is 34.0 Å². The monoisotopic (exact) mass is 541 g/mol. The van der Waals surface area contributed by atoms with E-state index in [1.165, 1.54) is 24.5 Å². The molecule has 0 saturated carbocycles. The molecule has 0 amide bonds. The quantitative estimate of drug-likeness (QED) is 0.201. The zero-order valence-electron chi connectivity index (χ0n) is 21.7. The van der Waals surface area contributed by atoms with Crippen molar-refractivity contribution in [3.63, 3.8) is 0 Å². The average molecular weight is 542 g/mol. The Morgan fingerprint density at radius 3 is 2.70 bits per heavy atom. The van der Waals surface area contributed by atoms with Gasteiger partial charge in [-0.25, -0.2) is 19.3 Å². The fraction of sp³-hybridized carbons (Fsp3) is 0.179. The lowest BCUT2D eigenvalue weighted by Gasteiger charge is -2.22. The summed E-state index contributed by atoms with van der Waals surface area (Å²) in [6, 6.07) is 14.6. The number of aryl methyl sites for hydroxylation is 1. The summed E-state index contributed by atoms with van der Waals surface area (Å²) in [5.74, 6) is 0.728. The van der Waals surface area contributed by atoms with E-state index in [2.05, 4.69) is 15.0 Å². The Morgan fingerprint density at radius 1 is 1.12 bits per heavy atom. The van der Waals surface area contributed by atoms with E-state index in [9.17, 15) is 10.1 Å². The van der Waals surface area contributed by atoms with Crippen molar-refractivity contribution in [2.24, 2.45) is 0 Å². The van der Waals surface area contributed by atoms with E-state index in [0.29, 0.717) is 46.8 Å². The summed E-state index contributed by atoms with van der Waals surface area (Å²) in [5.41, 5.74) is 9.13. The number of fused-ring (bicyclic) bond motifs is 3. The Labute approximate surface area is 227 Å². The maximum absolute atomic E-state index is 15.5. The molecule has 2 aromatic carbocycles. The van der Waals surface area contributed by atoms with Gasteiger partial charge in [0.15, 0.2) is 11.6 Å². The summed E-state index contributed by atoms with van der Waals surface area (Å²) < 4.78 is 28.9. The maximum Gasteiger partial charge on any atom is 0.313 e. The molecule has 0 aliphatic carbocycles. The molecule has 3 aromatic heterocycles. The topological polar surface area (TPSA) is 134 Å². The van der Waals surface area contributed by atoms with E-state index < -0.39 is 10.7 Å². The number of aromatic nitrogens is 4. The molecule has 202 valence electrons. The first-order chi connectivity index (χ1) is 19.4. The number of nitrogens with zero attached hydrogens (tertiary/aromatic N) is 6. The Morgan fingerprint density at radius 2 is 1.95 bits per heavy atom. The predicted molar refractivity (Wildman–Crippen MR) is 148 cm³/mol. The highest BCUT2D eigenvalue weighted by Crippen LogP contribution is 2.50. The smallest absolute Gasteiger partial charge is 0.313 e. The molecule has 1 aliphatic rings. The highest BCUT2D eigenvalue weighted by molar-refractivity contribution is 6.08. The van der Waals surface area contributed by atoms with Gasteiger partial charge in [-0.3, -0.25) is 10.1 Å². The van der Waals surface area contributed by atoms with E-state index in [-0.39, 0.29) is 35.5 Å². The second kappa shape index (κ2) is 9.80. The Bertz CT molecular complexity index is 1790. The number of benzene rings is 2. The number of anilines is 3. The number of hydrogen-bond donors (Lipinski definition) is 1. The second-order valence-corrected chi connectivity index (χ2v) is 9.14. The van der Waals surface area contributed by atoms with Gasteiger partial charge in [-0.2, -0.15) is 0 Å². The van der Waals surface area contributed by atoms with Crippen molar-refractivity contribution in [3.8, 4) is 28.5 Å². The van der Waals surface area contributed by atoms with Crippen molar-refractivity contribution < 1.29 is 18.8 Å². The van der Waals surface area contributed by atoms with E-state index in [1.54, 1.807) is 37.3 Å². The molecule has 6 rings (SSSR count). The fourth-order valence-electron chi connectivity index (χ4n) is 5.08. The molecule has 0 fully saturated rings. The minimum Gasteiger partial charge on any atom is -0.486 e. The molecule has 12 heteroatoms. The van der Waals surface area contributed by atoms with Crippen molar-refractivity contribution in [2.45, 2.75) is 20.4 Å². The Kier molecular flexibility index (Phi) is 6.14. The van der Waals surface area contributed by atoms with Gasteiger partial charge in [0.2, 0.25) is 11.6 Å². The first-order valence-electron chi connectivity index (χ1n) is 12.6. The van der Waals surface area contributed by atoms with Crippen LogP contribution in [0, 0.1) is 22.9 Å². The number of nitrogen functional groups attached to an aromatic ring is 1. The van der Waals surface area contributed by atoms with Crippen LogP contribution in [-0.2, 0) is 6.54 Å². The van der Waals surface area contributed by atoms with Crippen LogP contribution in [0.2, 0.25) is 0 Å². The first kappa shape index (κ1) is 25.0. The van der Waals surface area contributed by atoms with Crippen molar-refractivity contribution in [1.29, 1.82) is 0 Å². The number of ether oxygens (including phenoxy) is 2. The number of pyridine rings is 1. The molecule has 0 saturated heterocycles. The van der Waals surface area contributed by atoms with Gasteiger partial charge < -0.3 is 24.7 Å². The number of nitro groups is 1. The summed E-state index contributed by atoms with van der Waals surface area (Å²) in [5, 5.41) is 12.4. The van der Waals surface area contributed by atoms with E-state index in [4.69, 9.17) is 15.2 Å². The van der Waals surface area contributed by atoms with Gasteiger partial charge in [-0.1, -0.05) is 18.2 Å². The van der Waals surface area contributed by atoms with Crippen LogP contribution >= 0.6 is 0 Å². The van der Waals surface area contributed by atoms with Crippen LogP contribution in [0.15, 0.2) is 60.9 Å². The molecule has 1 aliphatic heterocycles. The summed E-state index contributed by atoms with van der Waals surface area (Å²) in [6.07, 6.45) is 1.38. The number of hydrogen-bond acceptors (Lipinski definition) is 9. The van der Waals surface area contributed by atoms with Gasteiger partial charge in [-0.05, 0) is 43.7 Å². The summed E-state index contributed by atoms with van der Waals surface area (Å²) in [7, 11) is 0. The summed E-state index contributed by atoms with van der Waals surface area (Å²) in [6.45, 7) is 4.82. The minimum atomic E-state index is -0.598. The number of nitrogens with two attached hydrogens (primary N) is 1. The normalized spacial score (nSPS) is 12.5. The van der Waals surface area contributed by atoms with Gasteiger partial charge in [0.05, 0.1) is 22.6 Å². The molecule has 0 unspecified atom stereocenters. The number of rotatable bonds is 7. The van der Waals surface area contributed by atoms with Gasteiger partial charge >= 0.3 is 5.69 Å². The lowest BCUT2D eigenvalue weighted by Crippen LogP contribution is -2.16. The zero-order valence-corrected chi connectivity index (χ0v) is 21.7. The SMILES string of the molecule is CCOc1c(N2CCn3c2c(-c2ccc(Oc4cccc(C)n4)c(F)c2)c2c(N)ncnc23)cccc1[N+](=O)[O-]. The van der Waals surface area contributed by atoms with E-state index in [1.807, 2.05) is 22.5 Å². The molecule has 40 heavy (non-hydrogen) atoms. The van der Waals surface area contributed by atoms with Crippen LogP contribution in [0.5, 0.6) is 17.4 Å². The Hall–Kier alpha value is -5.26. The zero-order chi connectivity index (χ0) is 28.0. The molecular formula is C28H24FN7O4. The van der Waals surface area contributed by atoms with E-state index >= 15 is 4.39 Å². The number of nitro benzene ring substituents is 1. The third-order valence-electron chi connectivity index (χ3n) is 6.69. The lowest BCUT2D eigenvalue weighted by atomic mass is 10.0.